The van der Waals surface area contributed by atoms with Gasteiger partial charge in [0.2, 0.25) is 0 Å². The summed E-state index contributed by atoms with van der Waals surface area (Å²) >= 11 is 0. The summed E-state index contributed by atoms with van der Waals surface area (Å²) in [4.78, 5) is 30.4. The fraction of sp³-hybridized carbons (Fsp3) is 0.154. The van der Waals surface area contributed by atoms with Crippen molar-refractivity contribution in [2.75, 3.05) is 23.5 Å². The Morgan fingerprint density at radius 2 is 1.48 bits per heavy atom. The van der Waals surface area contributed by atoms with Crippen LogP contribution in [0.3, 0.4) is 0 Å². The summed E-state index contributed by atoms with van der Waals surface area (Å²) < 4.78 is 5.70. The molecule has 5 nitrogen and oxygen atoms in total. The van der Waals surface area contributed by atoms with Crippen LogP contribution in [-0.2, 0) is 9.59 Å². The highest BCUT2D eigenvalue weighted by molar-refractivity contribution is 6.46. The molecule has 4 rings (SSSR count). The molecule has 31 heavy (non-hydrogen) atoms. The number of hydrogen-bond acceptors (Lipinski definition) is 4. The quantitative estimate of drug-likeness (QED) is 0.545. The molecule has 3 aromatic carbocycles. The number of rotatable bonds is 6. The molecule has 0 aliphatic carbocycles. The van der Waals surface area contributed by atoms with Crippen molar-refractivity contribution >= 4 is 28.8 Å². The van der Waals surface area contributed by atoms with Gasteiger partial charge in [0.05, 0.1) is 17.9 Å². The van der Waals surface area contributed by atoms with E-state index in [1.54, 1.807) is 23.1 Å². The van der Waals surface area contributed by atoms with E-state index in [1.807, 2.05) is 81.6 Å². The number of anilines is 2. The first-order valence-electron chi connectivity index (χ1n) is 10.2. The van der Waals surface area contributed by atoms with Gasteiger partial charge in [0, 0.05) is 12.7 Å². The Labute approximate surface area is 182 Å². The van der Waals surface area contributed by atoms with Crippen LogP contribution >= 0.6 is 0 Å². The minimum atomic E-state index is -0.376. The zero-order valence-corrected chi connectivity index (χ0v) is 17.8. The first-order chi connectivity index (χ1) is 15.0. The first kappa shape index (κ1) is 20.4. The molecular formula is C26H24N2O3. The molecule has 0 unspecified atom stereocenters. The lowest BCUT2D eigenvalue weighted by Gasteiger charge is -2.22. The summed E-state index contributed by atoms with van der Waals surface area (Å²) in [5.41, 5.74) is 3.77. The fourth-order valence-electron chi connectivity index (χ4n) is 3.73. The molecule has 0 spiro atoms. The molecule has 0 bridgehead atoms. The van der Waals surface area contributed by atoms with Crippen molar-refractivity contribution in [3.05, 3.63) is 95.7 Å². The normalized spacial score (nSPS) is 13.7. The van der Waals surface area contributed by atoms with E-state index in [4.69, 9.17) is 4.74 Å². The summed E-state index contributed by atoms with van der Waals surface area (Å²) in [5, 5.41) is 0. The van der Waals surface area contributed by atoms with Crippen LogP contribution in [0.15, 0.2) is 84.6 Å². The third kappa shape index (κ3) is 3.70. The largest absolute Gasteiger partial charge is 0.492 e. The van der Waals surface area contributed by atoms with E-state index in [0.29, 0.717) is 34.9 Å². The Morgan fingerprint density at radius 3 is 2.16 bits per heavy atom. The molecular weight excluding hydrogens is 388 g/mol. The highest BCUT2D eigenvalue weighted by Gasteiger charge is 2.43. The molecule has 0 aromatic heterocycles. The smallest absolute Gasteiger partial charge is 0.282 e. The van der Waals surface area contributed by atoms with Gasteiger partial charge >= 0.3 is 0 Å². The number of para-hydroxylation sites is 3. The summed E-state index contributed by atoms with van der Waals surface area (Å²) in [5.74, 6) is -0.239. The minimum absolute atomic E-state index is 0.339. The van der Waals surface area contributed by atoms with E-state index in [2.05, 4.69) is 0 Å². The van der Waals surface area contributed by atoms with Crippen molar-refractivity contribution in [3.8, 4) is 5.75 Å². The molecule has 156 valence electrons. The Kier molecular flexibility index (Phi) is 5.58. The van der Waals surface area contributed by atoms with Gasteiger partial charge in [-0.25, -0.2) is 4.90 Å². The van der Waals surface area contributed by atoms with Gasteiger partial charge in [0.25, 0.3) is 11.8 Å². The molecule has 0 atom stereocenters. The second kappa shape index (κ2) is 8.48. The van der Waals surface area contributed by atoms with E-state index in [0.717, 1.165) is 11.3 Å². The van der Waals surface area contributed by atoms with E-state index < -0.39 is 0 Å². The minimum Gasteiger partial charge on any atom is -0.492 e. The van der Waals surface area contributed by atoms with Gasteiger partial charge in [-0.05, 0) is 43.7 Å². The standard InChI is InChI=1S/C26H24N2O3/c1-4-31-22-13-9-8-12-21(22)28-25(29)23(19-16-14-18(2)15-17-19)24(26(28)30)27(3)20-10-6-5-7-11-20/h5-17H,4H2,1-3H3. The topological polar surface area (TPSA) is 49.9 Å². The lowest BCUT2D eigenvalue weighted by Crippen LogP contribution is -2.34. The molecule has 5 heteroatoms. The predicted octanol–water partition coefficient (Wildman–Crippen LogP) is 4.81. The van der Waals surface area contributed by atoms with E-state index in [1.165, 1.54) is 4.90 Å². The molecule has 3 aromatic rings. The van der Waals surface area contributed by atoms with Crippen molar-refractivity contribution in [2.45, 2.75) is 13.8 Å². The SMILES string of the molecule is CCOc1ccccc1N1C(=O)C(c2ccc(C)cc2)=C(N(C)c2ccccc2)C1=O. The zero-order valence-electron chi connectivity index (χ0n) is 17.8. The number of nitrogens with zero attached hydrogens (tertiary/aromatic N) is 2. The lowest BCUT2D eigenvalue weighted by atomic mass is 10.0. The molecule has 1 heterocycles. The van der Waals surface area contributed by atoms with E-state index >= 15 is 0 Å². The van der Waals surface area contributed by atoms with Gasteiger partial charge in [-0.15, -0.1) is 0 Å². The molecule has 0 fully saturated rings. The predicted molar refractivity (Wildman–Crippen MR) is 123 cm³/mol. The van der Waals surface area contributed by atoms with Crippen molar-refractivity contribution in [2.24, 2.45) is 0 Å². The van der Waals surface area contributed by atoms with Gasteiger partial charge in [0.15, 0.2) is 0 Å². The van der Waals surface area contributed by atoms with Crippen LogP contribution in [0.2, 0.25) is 0 Å². The number of carbonyl (C=O) groups excluding carboxylic acids is 2. The molecule has 1 aliphatic rings. The summed E-state index contributed by atoms with van der Waals surface area (Å²) in [6.45, 7) is 4.29. The molecule has 2 amide bonds. The zero-order chi connectivity index (χ0) is 22.0. The van der Waals surface area contributed by atoms with Gasteiger partial charge in [-0.3, -0.25) is 9.59 Å². The number of ether oxygens (including phenoxy) is 1. The van der Waals surface area contributed by atoms with Crippen LogP contribution in [-0.4, -0.2) is 25.5 Å². The maximum Gasteiger partial charge on any atom is 0.282 e. The van der Waals surface area contributed by atoms with Crippen LogP contribution < -0.4 is 14.5 Å². The highest BCUT2D eigenvalue weighted by atomic mass is 16.5. The Morgan fingerprint density at radius 1 is 0.839 bits per heavy atom. The Hall–Kier alpha value is -3.86. The van der Waals surface area contributed by atoms with Crippen LogP contribution in [0.5, 0.6) is 5.75 Å². The Balaban J connectivity index is 1.88. The summed E-state index contributed by atoms with van der Waals surface area (Å²) in [7, 11) is 1.81. The van der Waals surface area contributed by atoms with Crippen LogP contribution in [0.25, 0.3) is 5.57 Å². The molecule has 1 aliphatic heterocycles. The number of likely N-dealkylation sites (N-methyl/N-ethyl adjacent to an activating group) is 1. The lowest BCUT2D eigenvalue weighted by molar-refractivity contribution is -0.120. The first-order valence-corrected chi connectivity index (χ1v) is 10.2. The number of amides is 2. The van der Waals surface area contributed by atoms with Crippen molar-refractivity contribution < 1.29 is 14.3 Å². The van der Waals surface area contributed by atoms with Crippen molar-refractivity contribution in [1.82, 2.24) is 0 Å². The van der Waals surface area contributed by atoms with Gasteiger partial charge < -0.3 is 9.64 Å². The summed E-state index contributed by atoms with van der Waals surface area (Å²) in [6, 6.07) is 24.3. The average molecular weight is 412 g/mol. The van der Waals surface area contributed by atoms with E-state index in [-0.39, 0.29) is 11.8 Å². The number of aryl methyl sites for hydroxylation is 1. The summed E-state index contributed by atoms with van der Waals surface area (Å²) in [6.07, 6.45) is 0. The van der Waals surface area contributed by atoms with Gasteiger partial charge in [0.1, 0.15) is 11.4 Å². The maximum atomic E-state index is 13.7. The molecule has 0 N–H and O–H groups in total. The second-order valence-electron chi connectivity index (χ2n) is 7.33. The molecule has 0 saturated carbocycles. The maximum absolute atomic E-state index is 13.7. The van der Waals surface area contributed by atoms with Gasteiger partial charge in [-0.1, -0.05) is 60.2 Å². The van der Waals surface area contributed by atoms with Crippen molar-refractivity contribution in [3.63, 3.8) is 0 Å². The van der Waals surface area contributed by atoms with Crippen molar-refractivity contribution in [1.29, 1.82) is 0 Å². The second-order valence-corrected chi connectivity index (χ2v) is 7.33. The van der Waals surface area contributed by atoms with Gasteiger partial charge in [-0.2, -0.15) is 0 Å². The third-order valence-electron chi connectivity index (χ3n) is 5.28. The highest BCUT2D eigenvalue weighted by Crippen LogP contribution is 2.39. The third-order valence-corrected chi connectivity index (χ3v) is 5.28. The number of hydrogen-bond donors (Lipinski definition) is 0. The average Bonchev–Trinajstić information content (AvgIpc) is 3.05. The van der Waals surface area contributed by atoms with Crippen LogP contribution in [0, 0.1) is 6.92 Å². The van der Waals surface area contributed by atoms with Crippen LogP contribution in [0.4, 0.5) is 11.4 Å². The molecule has 0 saturated heterocycles. The molecule has 0 radical (unpaired) electrons. The number of benzene rings is 3. The number of imide groups is 1. The number of carbonyl (C=O) groups is 2. The monoisotopic (exact) mass is 412 g/mol. The van der Waals surface area contributed by atoms with Crippen LogP contribution in [0.1, 0.15) is 18.1 Å². The van der Waals surface area contributed by atoms with E-state index in [9.17, 15) is 9.59 Å². The Bertz CT molecular complexity index is 1150. The fourth-order valence-corrected chi connectivity index (χ4v) is 3.73.